The number of nitrogens with one attached hydrogen (secondary N) is 1. The van der Waals surface area contributed by atoms with E-state index < -0.39 is 0 Å². The third-order valence-corrected chi connectivity index (χ3v) is 3.21. The minimum absolute atomic E-state index is 0.933. The molecule has 0 spiro atoms. The largest absolute Gasteiger partial charge is 0.314 e. The Kier molecular flexibility index (Phi) is 3.19. The first-order chi connectivity index (χ1) is 6.34. The van der Waals surface area contributed by atoms with E-state index in [4.69, 9.17) is 0 Å². The second kappa shape index (κ2) is 4.40. The van der Waals surface area contributed by atoms with Gasteiger partial charge in [0.1, 0.15) is 0 Å². The Balaban J connectivity index is 1.71. The molecule has 0 saturated carbocycles. The van der Waals surface area contributed by atoms with Crippen molar-refractivity contribution in [1.82, 2.24) is 15.1 Å². The van der Waals surface area contributed by atoms with Gasteiger partial charge in [0.15, 0.2) is 0 Å². The summed E-state index contributed by atoms with van der Waals surface area (Å²) in [6.45, 7) is 8.80. The maximum Gasteiger partial charge on any atom is 0.0107 e. The molecule has 0 aromatic heterocycles. The molecule has 13 heavy (non-hydrogen) atoms. The van der Waals surface area contributed by atoms with Crippen LogP contribution in [0.5, 0.6) is 0 Å². The van der Waals surface area contributed by atoms with E-state index in [0.29, 0.717) is 0 Å². The molecule has 0 radical (unpaired) electrons. The second-order valence-electron chi connectivity index (χ2n) is 4.47. The Morgan fingerprint density at radius 1 is 1.23 bits per heavy atom. The highest BCUT2D eigenvalue weighted by Gasteiger charge is 2.22. The molecule has 0 aromatic carbocycles. The van der Waals surface area contributed by atoms with Crippen molar-refractivity contribution in [3.8, 4) is 0 Å². The number of hydrogen-bond donors (Lipinski definition) is 1. The summed E-state index contributed by atoms with van der Waals surface area (Å²) < 4.78 is 0. The minimum atomic E-state index is 0.933. The molecule has 3 nitrogen and oxygen atoms in total. The van der Waals surface area contributed by atoms with Crippen molar-refractivity contribution in [2.75, 3.05) is 52.9 Å². The van der Waals surface area contributed by atoms with E-state index in [-0.39, 0.29) is 0 Å². The molecular formula is C10H21N3. The number of nitrogens with zero attached hydrogens (tertiary/aromatic N) is 2. The lowest BCUT2D eigenvalue weighted by Gasteiger charge is -2.29. The number of rotatable bonds is 2. The number of hydrogen-bond acceptors (Lipinski definition) is 3. The lowest BCUT2D eigenvalue weighted by atomic mass is 10.1. The molecule has 0 bridgehead atoms. The fourth-order valence-electron chi connectivity index (χ4n) is 2.43. The van der Waals surface area contributed by atoms with E-state index in [1.54, 1.807) is 0 Å². The molecule has 2 aliphatic rings. The van der Waals surface area contributed by atoms with Crippen molar-refractivity contribution in [1.29, 1.82) is 0 Å². The van der Waals surface area contributed by atoms with Crippen LogP contribution in [0.4, 0.5) is 0 Å². The lowest BCUT2D eigenvalue weighted by Crippen LogP contribution is -2.45. The van der Waals surface area contributed by atoms with Gasteiger partial charge in [-0.25, -0.2) is 0 Å². The number of likely N-dealkylation sites (tertiary alicyclic amines) is 1. The predicted molar refractivity (Wildman–Crippen MR) is 54.9 cm³/mol. The molecule has 2 rings (SSSR count). The third kappa shape index (κ3) is 2.66. The Bertz CT molecular complexity index is 151. The van der Waals surface area contributed by atoms with Gasteiger partial charge in [-0.1, -0.05) is 0 Å². The average molecular weight is 183 g/mol. The van der Waals surface area contributed by atoms with Gasteiger partial charge in [-0.05, 0) is 25.9 Å². The Labute approximate surface area is 81.1 Å². The van der Waals surface area contributed by atoms with Gasteiger partial charge in [-0.15, -0.1) is 0 Å². The highest BCUT2D eigenvalue weighted by Crippen LogP contribution is 2.15. The molecule has 1 unspecified atom stereocenters. The van der Waals surface area contributed by atoms with Gasteiger partial charge in [-0.2, -0.15) is 0 Å². The SMILES string of the molecule is CN1CCC(CN2CCNCC2)C1. The van der Waals surface area contributed by atoms with Crippen LogP contribution >= 0.6 is 0 Å². The standard InChI is InChI=1S/C10H21N3/c1-12-5-2-10(8-12)9-13-6-3-11-4-7-13/h10-11H,2-9H2,1H3. The Morgan fingerprint density at radius 3 is 2.62 bits per heavy atom. The van der Waals surface area contributed by atoms with Gasteiger partial charge in [-0.3, -0.25) is 0 Å². The zero-order valence-corrected chi connectivity index (χ0v) is 8.63. The third-order valence-electron chi connectivity index (χ3n) is 3.21. The van der Waals surface area contributed by atoms with E-state index in [0.717, 1.165) is 5.92 Å². The quantitative estimate of drug-likeness (QED) is 0.642. The van der Waals surface area contributed by atoms with E-state index >= 15 is 0 Å². The van der Waals surface area contributed by atoms with Crippen LogP contribution in [-0.4, -0.2) is 62.7 Å². The zero-order valence-electron chi connectivity index (χ0n) is 8.63. The molecule has 0 aliphatic carbocycles. The summed E-state index contributed by atoms with van der Waals surface area (Å²) in [6, 6.07) is 0. The van der Waals surface area contributed by atoms with Gasteiger partial charge in [0.2, 0.25) is 0 Å². The second-order valence-corrected chi connectivity index (χ2v) is 4.47. The van der Waals surface area contributed by atoms with Crippen LogP contribution in [0, 0.1) is 5.92 Å². The highest BCUT2D eigenvalue weighted by molar-refractivity contribution is 4.78. The monoisotopic (exact) mass is 183 g/mol. The molecule has 76 valence electrons. The minimum Gasteiger partial charge on any atom is -0.314 e. The van der Waals surface area contributed by atoms with Gasteiger partial charge in [0.05, 0.1) is 0 Å². The molecule has 2 saturated heterocycles. The summed E-state index contributed by atoms with van der Waals surface area (Å²) in [7, 11) is 2.23. The van der Waals surface area contributed by atoms with Gasteiger partial charge >= 0.3 is 0 Å². The van der Waals surface area contributed by atoms with Crippen LogP contribution in [0.25, 0.3) is 0 Å². The first-order valence-corrected chi connectivity index (χ1v) is 5.46. The predicted octanol–water partition coefficient (Wildman–Crippen LogP) is -0.157. The van der Waals surface area contributed by atoms with E-state index in [2.05, 4.69) is 22.2 Å². The summed E-state index contributed by atoms with van der Waals surface area (Å²) in [5.41, 5.74) is 0. The van der Waals surface area contributed by atoms with Crippen LogP contribution in [0.15, 0.2) is 0 Å². The van der Waals surface area contributed by atoms with Gasteiger partial charge in [0, 0.05) is 39.3 Å². The molecule has 3 heteroatoms. The fraction of sp³-hybridized carbons (Fsp3) is 1.00. The van der Waals surface area contributed by atoms with Crippen molar-refractivity contribution in [2.45, 2.75) is 6.42 Å². The van der Waals surface area contributed by atoms with Crippen molar-refractivity contribution in [3.63, 3.8) is 0 Å². The summed E-state index contributed by atoms with van der Waals surface area (Å²) in [6.07, 6.45) is 1.40. The maximum atomic E-state index is 3.40. The van der Waals surface area contributed by atoms with Crippen molar-refractivity contribution < 1.29 is 0 Å². The first kappa shape index (κ1) is 9.44. The summed E-state index contributed by atoms with van der Waals surface area (Å²) in [5, 5.41) is 3.40. The van der Waals surface area contributed by atoms with E-state index in [9.17, 15) is 0 Å². The fourth-order valence-corrected chi connectivity index (χ4v) is 2.43. The summed E-state index contributed by atoms with van der Waals surface area (Å²) >= 11 is 0. The highest BCUT2D eigenvalue weighted by atomic mass is 15.2. The molecular weight excluding hydrogens is 162 g/mol. The smallest absolute Gasteiger partial charge is 0.0107 e. The van der Waals surface area contributed by atoms with Crippen LogP contribution in [0.2, 0.25) is 0 Å². The van der Waals surface area contributed by atoms with Crippen LogP contribution in [0.1, 0.15) is 6.42 Å². The summed E-state index contributed by atoms with van der Waals surface area (Å²) in [4.78, 5) is 5.06. The molecule has 2 aliphatic heterocycles. The topological polar surface area (TPSA) is 18.5 Å². The molecule has 0 amide bonds. The normalized spacial score (nSPS) is 32.5. The maximum absolute atomic E-state index is 3.40. The molecule has 1 atom stereocenters. The number of piperazine rings is 1. The van der Waals surface area contributed by atoms with Gasteiger partial charge in [0.25, 0.3) is 0 Å². The van der Waals surface area contributed by atoms with Crippen LogP contribution in [0.3, 0.4) is 0 Å². The van der Waals surface area contributed by atoms with E-state index in [1.807, 2.05) is 0 Å². The van der Waals surface area contributed by atoms with Crippen LogP contribution < -0.4 is 5.32 Å². The van der Waals surface area contributed by atoms with E-state index in [1.165, 1.54) is 52.2 Å². The van der Waals surface area contributed by atoms with Gasteiger partial charge < -0.3 is 15.1 Å². The summed E-state index contributed by atoms with van der Waals surface area (Å²) in [5.74, 6) is 0.933. The molecule has 1 N–H and O–H groups in total. The first-order valence-electron chi connectivity index (χ1n) is 5.46. The van der Waals surface area contributed by atoms with Crippen molar-refractivity contribution >= 4 is 0 Å². The molecule has 2 fully saturated rings. The van der Waals surface area contributed by atoms with Crippen molar-refractivity contribution in [3.05, 3.63) is 0 Å². The Morgan fingerprint density at radius 2 is 2.00 bits per heavy atom. The lowest BCUT2D eigenvalue weighted by molar-refractivity contribution is 0.206. The van der Waals surface area contributed by atoms with Crippen molar-refractivity contribution in [2.24, 2.45) is 5.92 Å². The average Bonchev–Trinajstić information content (AvgIpc) is 2.53. The molecule has 2 heterocycles. The van der Waals surface area contributed by atoms with Crippen LogP contribution in [-0.2, 0) is 0 Å². The Hall–Kier alpha value is -0.120. The zero-order chi connectivity index (χ0) is 9.10. The molecule has 0 aromatic rings.